The fraction of sp³-hybridized carbons (Fsp3) is 0.455. The third-order valence-electron chi connectivity index (χ3n) is 5.95. The summed E-state index contributed by atoms with van der Waals surface area (Å²) in [7, 11) is 0. The van der Waals surface area contributed by atoms with Crippen molar-refractivity contribution in [1.29, 1.82) is 0 Å². The van der Waals surface area contributed by atoms with Crippen LogP contribution in [0.1, 0.15) is 47.3 Å². The minimum Gasteiger partial charge on any atom is -0.452 e. The quantitative estimate of drug-likeness (QED) is 0.798. The smallest absolute Gasteiger partial charge is 0.339 e. The molecule has 0 spiro atoms. The summed E-state index contributed by atoms with van der Waals surface area (Å²) in [4.78, 5) is 43.1. The first-order valence-corrected chi connectivity index (χ1v) is 10.2. The number of hydrogen-bond acceptors (Lipinski definition) is 5. The van der Waals surface area contributed by atoms with Gasteiger partial charge in [-0.15, -0.1) is 0 Å². The summed E-state index contributed by atoms with van der Waals surface area (Å²) in [6.45, 7) is 0.612. The van der Waals surface area contributed by atoms with Gasteiger partial charge < -0.3 is 15.4 Å². The van der Waals surface area contributed by atoms with Gasteiger partial charge in [-0.2, -0.15) is 0 Å². The summed E-state index contributed by atoms with van der Waals surface area (Å²) in [6.07, 6.45) is 4.84. The van der Waals surface area contributed by atoms with Crippen LogP contribution in [0.2, 0.25) is 0 Å². The van der Waals surface area contributed by atoms with E-state index < -0.39 is 5.97 Å². The molecule has 0 unspecified atom stereocenters. The van der Waals surface area contributed by atoms with Gasteiger partial charge in [0.1, 0.15) is 0 Å². The van der Waals surface area contributed by atoms with Crippen molar-refractivity contribution >= 4 is 28.7 Å². The Balaban J connectivity index is 1.48. The number of likely N-dealkylation sites (tertiary alicyclic amines) is 1. The Morgan fingerprint density at radius 3 is 2.59 bits per heavy atom. The van der Waals surface area contributed by atoms with Crippen LogP contribution < -0.4 is 5.73 Å². The van der Waals surface area contributed by atoms with Gasteiger partial charge in [-0.25, -0.2) is 4.79 Å². The van der Waals surface area contributed by atoms with Gasteiger partial charge in [0.2, 0.25) is 5.91 Å². The number of nitrogens with zero attached hydrogens (tertiary/aromatic N) is 2. The van der Waals surface area contributed by atoms with Crippen molar-refractivity contribution in [2.75, 3.05) is 19.7 Å². The molecule has 7 heteroatoms. The molecule has 152 valence electrons. The van der Waals surface area contributed by atoms with Gasteiger partial charge in [0.15, 0.2) is 6.61 Å². The van der Waals surface area contributed by atoms with E-state index >= 15 is 0 Å². The number of hydrogen-bond donors (Lipinski definition) is 1. The molecule has 1 saturated heterocycles. The second kappa shape index (κ2) is 8.19. The number of aromatic nitrogens is 1. The largest absolute Gasteiger partial charge is 0.452 e. The number of carbonyl (C=O) groups excluding carboxylic acids is 3. The van der Waals surface area contributed by atoms with Crippen LogP contribution in [-0.2, 0) is 27.2 Å². The molecule has 7 nitrogen and oxygen atoms in total. The first-order chi connectivity index (χ1) is 14.0. The molecule has 0 saturated carbocycles. The molecule has 2 N–H and O–H groups in total. The molecule has 0 radical (unpaired) electrons. The van der Waals surface area contributed by atoms with Crippen LogP contribution in [0, 0.1) is 5.92 Å². The minimum atomic E-state index is -0.470. The number of aryl methyl sites for hydroxylation is 1. The number of para-hydroxylation sites is 1. The van der Waals surface area contributed by atoms with Crippen LogP contribution in [0.3, 0.4) is 0 Å². The van der Waals surface area contributed by atoms with Gasteiger partial charge in [-0.3, -0.25) is 14.6 Å². The summed E-state index contributed by atoms with van der Waals surface area (Å²) >= 11 is 0. The third-order valence-corrected chi connectivity index (χ3v) is 5.95. The zero-order valence-corrected chi connectivity index (χ0v) is 16.4. The molecule has 1 aromatic carbocycles. The van der Waals surface area contributed by atoms with Crippen LogP contribution in [-0.4, -0.2) is 47.4 Å². The van der Waals surface area contributed by atoms with Crippen LogP contribution in [0.5, 0.6) is 0 Å². The van der Waals surface area contributed by atoms with Crippen molar-refractivity contribution in [3.05, 3.63) is 41.1 Å². The Hall–Kier alpha value is -2.96. The zero-order chi connectivity index (χ0) is 20.4. The van der Waals surface area contributed by atoms with E-state index in [9.17, 15) is 14.4 Å². The lowest BCUT2D eigenvalue weighted by atomic mass is 9.90. The molecule has 1 aliphatic carbocycles. The molecule has 0 atom stereocenters. The number of piperidine rings is 1. The van der Waals surface area contributed by atoms with E-state index in [1.54, 1.807) is 4.90 Å². The lowest BCUT2D eigenvalue weighted by Gasteiger charge is -2.30. The number of amides is 2. The highest BCUT2D eigenvalue weighted by molar-refractivity contribution is 6.05. The number of ether oxygens (including phenoxy) is 1. The first kappa shape index (κ1) is 19.4. The van der Waals surface area contributed by atoms with Gasteiger partial charge >= 0.3 is 5.97 Å². The second-order valence-electron chi connectivity index (χ2n) is 7.77. The SMILES string of the molecule is NC(=O)C1CCN(C(=O)COC(=O)c2c3c(nc4ccccc24)CCCC3)CC1. The highest BCUT2D eigenvalue weighted by Gasteiger charge is 2.28. The summed E-state index contributed by atoms with van der Waals surface area (Å²) in [5, 5.41) is 0.771. The standard InChI is InChI=1S/C22H25N3O4/c23-21(27)14-9-11-25(12-10-14)19(26)13-29-22(28)20-15-5-1-3-7-17(15)24-18-8-4-2-6-16(18)20/h1,3,5,7,14H,2,4,6,8-13H2,(H2,23,27). The molecular formula is C22H25N3O4. The minimum absolute atomic E-state index is 0.184. The monoisotopic (exact) mass is 395 g/mol. The highest BCUT2D eigenvalue weighted by atomic mass is 16.5. The molecule has 1 aromatic heterocycles. The second-order valence-corrected chi connectivity index (χ2v) is 7.77. The number of fused-ring (bicyclic) bond motifs is 2. The summed E-state index contributed by atoms with van der Waals surface area (Å²) in [5.74, 6) is -1.22. The molecular weight excluding hydrogens is 370 g/mol. The topological polar surface area (TPSA) is 103 Å². The van der Waals surface area contributed by atoms with Gasteiger partial charge in [0.25, 0.3) is 5.91 Å². The van der Waals surface area contributed by atoms with Gasteiger partial charge in [-0.1, -0.05) is 18.2 Å². The van der Waals surface area contributed by atoms with Crippen molar-refractivity contribution in [2.24, 2.45) is 11.7 Å². The normalized spacial score (nSPS) is 17.0. The van der Waals surface area contributed by atoms with Gasteiger partial charge in [0.05, 0.1) is 11.1 Å². The molecule has 0 bridgehead atoms. The molecule has 1 fully saturated rings. The maximum atomic E-state index is 13.0. The predicted octanol–water partition coefficient (Wildman–Crippen LogP) is 1.99. The number of pyridine rings is 1. The maximum Gasteiger partial charge on any atom is 0.339 e. The summed E-state index contributed by atoms with van der Waals surface area (Å²) in [5.41, 5.74) is 8.57. The van der Waals surface area contributed by atoms with Crippen LogP contribution >= 0.6 is 0 Å². The number of carbonyl (C=O) groups is 3. The molecule has 2 aliphatic rings. The molecule has 2 aromatic rings. The third kappa shape index (κ3) is 3.95. The Labute approximate surface area is 169 Å². The number of primary amides is 1. The van der Waals surface area contributed by atoms with Crippen molar-refractivity contribution in [3.8, 4) is 0 Å². The summed E-state index contributed by atoms with van der Waals surface area (Å²) in [6, 6.07) is 7.56. The fourth-order valence-electron chi connectivity index (χ4n) is 4.31. The number of rotatable bonds is 4. The number of nitrogens with two attached hydrogens (primary N) is 1. The van der Waals surface area contributed by atoms with Crippen LogP contribution in [0.15, 0.2) is 24.3 Å². The average molecular weight is 395 g/mol. The predicted molar refractivity (Wildman–Crippen MR) is 107 cm³/mol. The molecule has 29 heavy (non-hydrogen) atoms. The van der Waals surface area contributed by atoms with Crippen LogP contribution in [0.4, 0.5) is 0 Å². The highest BCUT2D eigenvalue weighted by Crippen LogP contribution is 2.29. The van der Waals surface area contributed by atoms with E-state index in [1.807, 2.05) is 24.3 Å². The molecule has 2 heterocycles. The van der Waals surface area contributed by atoms with Gasteiger partial charge in [0, 0.05) is 30.1 Å². The lowest BCUT2D eigenvalue weighted by molar-refractivity contribution is -0.137. The maximum absolute atomic E-state index is 13.0. The van der Waals surface area contributed by atoms with E-state index in [-0.39, 0.29) is 24.3 Å². The zero-order valence-electron chi connectivity index (χ0n) is 16.4. The Morgan fingerprint density at radius 1 is 1.10 bits per heavy atom. The lowest BCUT2D eigenvalue weighted by Crippen LogP contribution is -2.43. The molecule has 4 rings (SSSR count). The van der Waals surface area contributed by atoms with Crippen LogP contribution in [0.25, 0.3) is 10.9 Å². The molecule has 2 amide bonds. The van der Waals surface area contributed by atoms with E-state index in [0.717, 1.165) is 47.8 Å². The van der Waals surface area contributed by atoms with Crippen molar-refractivity contribution in [2.45, 2.75) is 38.5 Å². The average Bonchev–Trinajstić information content (AvgIpc) is 2.75. The Morgan fingerprint density at radius 2 is 1.83 bits per heavy atom. The Kier molecular flexibility index (Phi) is 5.47. The Bertz CT molecular complexity index is 964. The van der Waals surface area contributed by atoms with Crippen molar-refractivity contribution < 1.29 is 19.1 Å². The van der Waals surface area contributed by atoms with E-state index in [1.165, 1.54) is 0 Å². The first-order valence-electron chi connectivity index (χ1n) is 10.2. The molecule has 1 aliphatic heterocycles. The van der Waals surface area contributed by atoms with Crippen molar-refractivity contribution in [3.63, 3.8) is 0 Å². The van der Waals surface area contributed by atoms with Crippen molar-refractivity contribution in [1.82, 2.24) is 9.88 Å². The number of benzene rings is 1. The van der Waals surface area contributed by atoms with Gasteiger partial charge in [-0.05, 0) is 50.2 Å². The fourth-order valence-corrected chi connectivity index (χ4v) is 4.31. The van der Waals surface area contributed by atoms with E-state index in [4.69, 9.17) is 15.5 Å². The van der Waals surface area contributed by atoms with E-state index in [2.05, 4.69) is 0 Å². The number of esters is 1. The summed E-state index contributed by atoms with van der Waals surface area (Å²) < 4.78 is 5.44. The van der Waals surface area contributed by atoms with E-state index in [0.29, 0.717) is 31.5 Å².